The molecule has 3 nitrogen and oxygen atoms in total. The summed E-state index contributed by atoms with van der Waals surface area (Å²) in [4.78, 5) is 23.7. The molecular formula is C17H12O3. The van der Waals surface area contributed by atoms with Crippen molar-refractivity contribution in [1.82, 2.24) is 0 Å². The van der Waals surface area contributed by atoms with Crippen LogP contribution in [0.15, 0.2) is 64.2 Å². The fraction of sp³-hybridized carbons (Fsp3) is 0.0588. The Morgan fingerprint density at radius 2 is 1.20 bits per heavy atom. The summed E-state index contributed by atoms with van der Waals surface area (Å²) in [6.07, 6.45) is 0. The van der Waals surface area contributed by atoms with Gasteiger partial charge in [0.25, 0.3) is 0 Å². The third-order valence-electron chi connectivity index (χ3n) is 3.35. The van der Waals surface area contributed by atoms with Gasteiger partial charge in [0.1, 0.15) is 5.75 Å². The van der Waals surface area contributed by atoms with Crippen LogP contribution in [0.4, 0.5) is 0 Å². The van der Waals surface area contributed by atoms with Gasteiger partial charge in [-0.1, -0.05) is 42.5 Å². The minimum Gasteiger partial charge on any atom is -0.497 e. The van der Waals surface area contributed by atoms with E-state index in [0.29, 0.717) is 16.9 Å². The lowest BCUT2D eigenvalue weighted by Crippen LogP contribution is -2.34. The average molecular weight is 264 g/mol. The molecule has 0 aliphatic carbocycles. The van der Waals surface area contributed by atoms with E-state index in [2.05, 4.69) is 0 Å². The highest BCUT2D eigenvalue weighted by Gasteiger charge is 2.23. The Morgan fingerprint density at radius 3 is 1.70 bits per heavy atom. The summed E-state index contributed by atoms with van der Waals surface area (Å²) < 4.78 is 5.09. The van der Waals surface area contributed by atoms with Crippen molar-refractivity contribution in [2.75, 3.05) is 7.11 Å². The lowest BCUT2D eigenvalue weighted by molar-refractivity contribution is 0.415. The highest BCUT2D eigenvalue weighted by molar-refractivity contribution is 5.87. The molecule has 3 rings (SSSR count). The van der Waals surface area contributed by atoms with Crippen LogP contribution < -0.4 is 15.6 Å². The molecule has 0 unspecified atom stereocenters. The summed E-state index contributed by atoms with van der Waals surface area (Å²) in [6.45, 7) is 0. The summed E-state index contributed by atoms with van der Waals surface area (Å²) in [6, 6.07) is 16.4. The Balaban J connectivity index is 2.13. The molecule has 0 aliphatic heterocycles. The summed E-state index contributed by atoms with van der Waals surface area (Å²) >= 11 is 0. The predicted octanol–water partition coefficient (Wildman–Crippen LogP) is 2.63. The Hall–Kier alpha value is -2.68. The van der Waals surface area contributed by atoms with Gasteiger partial charge >= 0.3 is 0 Å². The molecule has 0 fully saturated rings. The van der Waals surface area contributed by atoms with Crippen molar-refractivity contribution in [3.05, 3.63) is 75.0 Å². The van der Waals surface area contributed by atoms with Crippen LogP contribution in [0.25, 0.3) is 22.3 Å². The van der Waals surface area contributed by atoms with Crippen molar-refractivity contribution in [2.45, 2.75) is 0 Å². The average Bonchev–Trinajstić information content (AvgIpc) is 2.52. The van der Waals surface area contributed by atoms with E-state index in [9.17, 15) is 9.59 Å². The van der Waals surface area contributed by atoms with E-state index >= 15 is 0 Å². The molecule has 0 aliphatic rings. The zero-order chi connectivity index (χ0) is 14.1. The van der Waals surface area contributed by atoms with Gasteiger partial charge in [-0.25, -0.2) is 0 Å². The Labute approximate surface area is 115 Å². The molecule has 0 saturated carbocycles. The van der Waals surface area contributed by atoms with Crippen LogP contribution in [0, 0.1) is 0 Å². The van der Waals surface area contributed by atoms with Gasteiger partial charge in [0.05, 0.1) is 7.11 Å². The van der Waals surface area contributed by atoms with E-state index in [-0.39, 0.29) is 0 Å². The van der Waals surface area contributed by atoms with Crippen LogP contribution in [0.2, 0.25) is 0 Å². The first-order chi connectivity index (χ1) is 9.72. The standard InChI is InChI=1S/C17H12O3/c1-20-13-9-7-12(8-10-13)15-14(16(18)17(15)19)11-5-3-2-4-6-11/h2-10H,1H3. The number of benzene rings is 2. The summed E-state index contributed by atoms with van der Waals surface area (Å²) in [5.41, 5.74) is 1.68. The van der Waals surface area contributed by atoms with Crippen LogP contribution in [-0.2, 0) is 0 Å². The lowest BCUT2D eigenvalue weighted by Gasteiger charge is -2.11. The van der Waals surface area contributed by atoms with Crippen LogP contribution in [-0.4, -0.2) is 7.11 Å². The minimum absolute atomic E-state index is 0.415. The second-order valence-corrected chi connectivity index (χ2v) is 4.50. The number of rotatable bonds is 3. The normalized spacial score (nSPS) is 10.7. The fourth-order valence-electron chi connectivity index (χ4n) is 2.30. The van der Waals surface area contributed by atoms with Gasteiger partial charge in [-0.15, -0.1) is 0 Å². The molecule has 3 aromatic carbocycles. The maximum Gasteiger partial charge on any atom is 0.234 e. The fourth-order valence-corrected chi connectivity index (χ4v) is 2.30. The van der Waals surface area contributed by atoms with Gasteiger partial charge in [-0.05, 0) is 23.3 Å². The monoisotopic (exact) mass is 264 g/mol. The van der Waals surface area contributed by atoms with Gasteiger partial charge in [-0.2, -0.15) is 0 Å². The summed E-state index contributed by atoms with van der Waals surface area (Å²) in [7, 11) is 1.59. The molecule has 0 N–H and O–H groups in total. The van der Waals surface area contributed by atoms with Crippen molar-refractivity contribution in [1.29, 1.82) is 0 Å². The van der Waals surface area contributed by atoms with Gasteiger partial charge in [0.2, 0.25) is 10.9 Å². The molecule has 3 heteroatoms. The second kappa shape index (κ2) is 4.78. The van der Waals surface area contributed by atoms with E-state index in [1.54, 1.807) is 31.4 Å². The van der Waals surface area contributed by atoms with E-state index in [4.69, 9.17) is 4.74 Å². The maximum atomic E-state index is 11.9. The third kappa shape index (κ3) is 1.84. The highest BCUT2D eigenvalue weighted by Crippen LogP contribution is 2.29. The molecule has 20 heavy (non-hydrogen) atoms. The topological polar surface area (TPSA) is 43.4 Å². The predicted molar refractivity (Wildman–Crippen MR) is 78.8 cm³/mol. The first-order valence-electron chi connectivity index (χ1n) is 6.25. The zero-order valence-electron chi connectivity index (χ0n) is 10.9. The molecule has 3 aromatic rings. The van der Waals surface area contributed by atoms with Crippen molar-refractivity contribution < 1.29 is 4.74 Å². The van der Waals surface area contributed by atoms with Gasteiger partial charge in [-0.3, -0.25) is 9.59 Å². The highest BCUT2D eigenvalue weighted by atomic mass is 16.5. The largest absolute Gasteiger partial charge is 0.497 e. The molecule has 0 bridgehead atoms. The second-order valence-electron chi connectivity index (χ2n) is 4.50. The molecule has 0 atom stereocenters. The zero-order valence-corrected chi connectivity index (χ0v) is 10.9. The smallest absolute Gasteiger partial charge is 0.234 e. The van der Waals surface area contributed by atoms with E-state index in [0.717, 1.165) is 11.1 Å². The van der Waals surface area contributed by atoms with E-state index in [1.165, 1.54) is 0 Å². The lowest BCUT2D eigenvalue weighted by atomic mass is 9.89. The Bertz CT molecular complexity index is 808. The third-order valence-corrected chi connectivity index (χ3v) is 3.35. The summed E-state index contributed by atoms with van der Waals surface area (Å²) in [5.74, 6) is 0.716. The minimum atomic E-state index is -0.422. The van der Waals surface area contributed by atoms with Crippen molar-refractivity contribution in [3.8, 4) is 28.0 Å². The van der Waals surface area contributed by atoms with Crippen molar-refractivity contribution in [3.63, 3.8) is 0 Å². The van der Waals surface area contributed by atoms with Gasteiger partial charge in [0.15, 0.2) is 0 Å². The molecule has 0 radical (unpaired) electrons. The molecule has 0 amide bonds. The maximum absolute atomic E-state index is 11.9. The van der Waals surface area contributed by atoms with Crippen molar-refractivity contribution >= 4 is 0 Å². The summed E-state index contributed by atoms with van der Waals surface area (Å²) in [5, 5.41) is 0. The molecule has 0 aromatic heterocycles. The molecular weight excluding hydrogens is 252 g/mol. The van der Waals surface area contributed by atoms with Crippen LogP contribution >= 0.6 is 0 Å². The quantitative estimate of drug-likeness (QED) is 0.683. The molecule has 0 heterocycles. The van der Waals surface area contributed by atoms with E-state index < -0.39 is 10.9 Å². The number of hydrogen-bond donors (Lipinski definition) is 0. The molecule has 98 valence electrons. The van der Waals surface area contributed by atoms with Crippen LogP contribution in [0.3, 0.4) is 0 Å². The first-order valence-corrected chi connectivity index (χ1v) is 6.25. The van der Waals surface area contributed by atoms with E-state index in [1.807, 2.05) is 30.3 Å². The SMILES string of the molecule is COc1ccc(-c2c(-c3ccccc3)c(=O)c2=O)cc1. The Morgan fingerprint density at radius 1 is 0.700 bits per heavy atom. The number of ether oxygens (including phenoxy) is 1. The number of methoxy groups -OCH3 is 1. The van der Waals surface area contributed by atoms with Gasteiger partial charge in [0, 0.05) is 11.1 Å². The first kappa shape index (κ1) is 12.4. The molecule has 0 saturated heterocycles. The molecule has 0 spiro atoms. The Kier molecular flexibility index (Phi) is 2.95. The number of hydrogen-bond acceptors (Lipinski definition) is 3. The van der Waals surface area contributed by atoms with Gasteiger partial charge < -0.3 is 4.74 Å². The van der Waals surface area contributed by atoms with Crippen molar-refractivity contribution in [2.24, 2.45) is 0 Å². The van der Waals surface area contributed by atoms with Crippen LogP contribution in [0.5, 0.6) is 5.75 Å². The van der Waals surface area contributed by atoms with Crippen LogP contribution in [0.1, 0.15) is 0 Å².